The van der Waals surface area contributed by atoms with Crippen molar-refractivity contribution in [2.75, 3.05) is 6.54 Å². The van der Waals surface area contributed by atoms with Crippen molar-refractivity contribution in [2.45, 2.75) is 31.5 Å². The minimum Gasteiger partial charge on any atom is -0.361 e. The highest BCUT2D eigenvalue weighted by Gasteiger charge is 2.60. The Kier molecular flexibility index (Phi) is 2.05. The number of nitrogens with zero attached hydrogens (tertiary/aromatic N) is 3. The maximum absolute atomic E-state index is 12.4. The predicted molar refractivity (Wildman–Crippen MR) is 63.6 cm³/mol. The van der Waals surface area contributed by atoms with Crippen LogP contribution in [0.4, 0.5) is 4.79 Å². The molecule has 0 aromatic carbocycles. The van der Waals surface area contributed by atoms with E-state index in [0.29, 0.717) is 18.7 Å². The van der Waals surface area contributed by atoms with Crippen molar-refractivity contribution in [1.82, 2.24) is 20.3 Å². The Hall–Kier alpha value is -2.38. The lowest BCUT2D eigenvalue weighted by Crippen LogP contribution is -2.54. The molecule has 3 aliphatic rings. The standard InChI is InChI=1S/C12H12N4O4/c1-5-2-7(14-20-5)11(18)15-4-6-3-8(15)9-10(17)13-12(19)16(6)9/h2,6,8-9H,3-4H2,1H3,(H,13,17,19). The van der Waals surface area contributed by atoms with Crippen LogP contribution in [-0.2, 0) is 4.79 Å². The summed E-state index contributed by atoms with van der Waals surface area (Å²) in [5.74, 6) is -0.00870. The van der Waals surface area contributed by atoms with Crippen LogP contribution in [0.25, 0.3) is 0 Å². The molecule has 1 aromatic rings. The van der Waals surface area contributed by atoms with Gasteiger partial charge in [-0.15, -0.1) is 0 Å². The second kappa shape index (κ2) is 3.59. The summed E-state index contributed by atoms with van der Waals surface area (Å²) in [6.07, 6.45) is 0.645. The number of rotatable bonds is 1. The van der Waals surface area contributed by atoms with Crippen LogP contribution < -0.4 is 5.32 Å². The highest BCUT2D eigenvalue weighted by atomic mass is 16.5. The molecule has 0 aliphatic carbocycles. The number of imide groups is 1. The molecule has 20 heavy (non-hydrogen) atoms. The molecule has 2 bridgehead atoms. The molecule has 104 valence electrons. The molecule has 1 aromatic heterocycles. The van der Waals surface area contributed by atoms with E-state index in [4.69, 9.17) is 4.52 Å². The van der Waals surface area contributed by atoms with Gasteiger partial charge in [0.05, 0.1) is 12.1 Å². The molecule has 0 radical (unpaired) electrons. The van der Waals surface area contributed by atoms with Crippen LogP contribution in [0.5, 0.6) is 0 Å². The predicted octanol–water partition coefficient (Wildman–Crippen LogP) is -0.500. The third-order valence-electron chi connectivity index (χ3n) is 4.22. The number of nitrogens with one attached hydrogen (secondary N) is 1. The lowest BCUT2D eigenvalue weighted by atomic mass is 10.1. The molecular weight excluding hydrogens is 264 g/mol. The van der Waals surface area contributed by atoms with Crippen LogP contribution in [0.3, 0.4) is 0 Å². The monoisotopic (exact) mass is 276 g/mol. The van der Waals surface area contributed by atoms with E-state index in [-0.39, 0.29) is 35.6 Å². The number of likely N-dealkylation sites (tertiary alicyclic amines) is 1. The SMILES string of the molecule is Cc1cc(C(=O)N2CC3CC2C2C(=O)NC(=O)N32)no1. The molecule has 8 nitrogen and oxygen atoms in total. The van der Waals surface area contributed by atoms with Crippen molar-refractivity contribution in [3.63, 3.8) is 0 Å². The molecule has 4 rings (SSSR count). The lowest BCUT2D eigenvalue weighted by molar-refractivity contribution is -0.122. The molecule has 1 N–H and O–H groups in total. The van der Waals surface area contributed by atoms with Gasteiger partial charge in [0.15, 0.2) is 5.69 Å². The van der Waals surface area contributed by atoms with E-state index in [2.05, 4.69) is 10.5 Å². The summed E-state index contributed by atoms with van der Waals surface area (Å²) in [5.41, 5.74) is 0.242. The number of hydrogen-bond acceptors (Lipinski definition) is 5. The fourth-order valence-corrected chi connectivity index (χ4v) is 3.44. The van der Waals surface area contributed by atoms with Crippen molar-refractivity contribution >= 4 is 17.8 Å². The number of piperazine rings is 1. The van der Waals surface area contributed by atoms with E-state index in [9.17, 15) is 14.4 Å². The van der Waals surface area contributed by atoms with Gasteiger partial charge in [-0.2, -0.15) is 0 Å². The van der Waals surface area contributed by atoms with Gasteiger partial charge in [-0.25, -0.2) is 4.79 Å². The Morgan fingerprint density at radius 1 is 1.50 bits per heavy atom. The smallest absolute Gasteiger partial charge is 0.325 e. The molecule has 8 heteroatoms. The zero-order valence-corrected chi connectivity index (χ0v) is 10.7. The number of carbonyl (C=O) groups is 3. The van der Waals surface area contributed by atoms with Crippen LogP contribution in [0, 0.1) is 6.92 Å². The zero-order chi connectivity index (χ0) is 14.0. The molecule has 0 spiro atoms. The largest absolute Gasteiger partial charge is 0.361 e. The number of fused-ring (bicyclic) bond motifs is 5. The van der Waals surface area contributed by atoms with E-state index >= 15 is 0 Å². The molecule has 3 atom stereocenters. The third kappa shape index (κ3) is 1.30. The Bertz CT molecular complexity index is 639. The Balaban J connectivity index is 1.63. The topological polar surface area (TPSA) is 95.8 Å². The average molecular weight is 276 g/mol. The maximum atomic E-state index is 12.4. The van der Waals surface area contributed by atoms with Crippen LogP contribution >= 0.6 is 0 Å². The first-order valence-electron chi connectivity index (χ1n) is 6.43. The molecule has 4 heterocycles. The minimum atomic E-state index is -0.557. The Labute approximate surface area is 113 Å². The summed E-state index contributed by atoms with van der Waals surface area (Å²) < 4.78 is 4.91. The first-order valence-corrected chi connectivity index (χ1v) is 6.43. The van der Waals surface area contributed by atoms with Gasteiger partial charge in [0.2, 0.25) is 0 Å². The highest BCUT2D eigenvalue weighted by molar-refractivity contribution is 6.06. The molecule has 3 aliphatic heterocycles. The summed E-state index contributed by atoms with van der Waals surface area (Å²) in [6.45, 7) is 2.15. The molecule has 0 saturated carbocycles. The summed E-state index contributed by atoms with van der Waals surface area (Å²) in [5, 5.41) is 6.01. The zero-order valence-electron chi connectivity index (χ0n) is 10.7. The van der Waals surface area contributed by atoms with Crippen molar-refractivity contribution in [1.29, 1.82) is 0 Å². The summed E-state index contributed by atoms with van der Waals surface area (Å²) in [4.78, 5) is 39.1. The second-order valence-corrected chi connectivity index (χ2v) is 5.38. The van der Waals surface area contributed by atoms with Gasteiger partial charge in [-0.05, 0) is 13.3 Å². The third-order valence-corrected chi connectivity index (χ3v) is 4.22. The average Bonchev–Trinajstić information content (AvgIpc) is 3.12. The van der Waals surface area contributed by atoms with E-state index in [1.807, 2.05) is 0 Å². The van der Waals surface area contributed by atoms with Gasteiger partial charge in [0.25, 0.3) is 11.8 Å². The van der Waals surface area contributed by atoms with Crippen LogP contribution in [-0.4, -0.2) is 57.5 Å². The molecule has 4 amide bonds. The Morgan fingerprint density at radius 3 is 3.00 bits per heavy atom. The molecule has 3 saturated heterocycles. The fourth-order valence-electron chi connectivity index (χ4n) is 3.44. The van der Waals surface area contributed by atoms with Gasteiger partial charge in [0, 0.05) is 12.6 Å². The number of carbonyl (C=O) groups excluding carboxylic acids is 3. The van der Waals surface area contributed by atoms with Crippen molar-refractivity contribution in [3.05, 3.63) is 17.5 Å². The highest BCUT2D eigenvalue weighted by Crippen LogP contribution is 2.38. The summed E-state index contributed by atoms with van der Waals surface area (Å²) in [6, 6.07) is 0.311. The fraction of sp³-hybridized carbons (Fsp3) is 0.500. The van der Waals surface area contributed by atoms with E-state index < -0.39 is 6.04 Å². The van der Waals surface area contributed by atoms with Gasteiger partial charge in [-0.3, -0.25) is 14.9 Å². The summed E-state index contributed by atoms with van der Waals surface area (Å²) >= 11 is 0. The minimum absolute atomic E-state index is 0.0894. The number of aromatic nitrogens is 1. The molecule has 3 unspecified atom stereocenters. The van der Waals surface area contributed by atoms with Gasteiger partial charge < -0.3 is 14.3 Å². The lowest BCUT2D eigenvalue weighted by Gasteiger charge is -2.34. The number of aryl methyl sites for hydroxylation is 1. The summed E-state index contributed by atoms with van der Waals surface area (Å²) in [7, 11) is 0. The van der Waals surface area contributed by atoms with Gasteiger partial charge >= 0.3 is 6.03 Å². The van der Waals surface area contributed by atoms with E-state index in [1.54, 1.807) is 22.8 Å². The molecule has 3 fully saturated rings. The van der Waals surface area contributed by atoms with Gasteiger partial charge in [0.1, 0.15) is 11.8 Å². The van der Waals surface area contributed by atoms with Crippen molar-refractivity contribution < 1.29 is 18.9 Å². The van der Waals surface area contributed by atoms with E-state index in [1.165, 1.54) is 0 Å². The number of hydrogen-bond donors (Lipinski definition) is 1. The quantitative estimate of drug-likeness (QED) is 0.698. The maximum Gasteiger partial charge on any atom is 0.325 e. The Morgan fingerprint density at radius 2 is 2.30 bits per heavy atom. The van der Waals surface area contributed by atoms with Crippen LogP contribution in [0.2, 0.25) is 0 Å². The second-order valence-electron chi connectivity index (χ2n) is 5.38. The van der Waals surface area contributed by atoms with E-state index in [0.717, 1.165) is 0 Å². The van der Waals surface area contributed by atoms with Crippen LogP contribution in [0.1, 0.15) is 22.7 Å². The van der Waals surface area contributed by atoms with Crippen molar-refractivity contribution in [2.24, 2.45) is 0 Å². The van der Waals surface area contributed by atoms with Crippen LogP contribution in [0.15, 0.2) is 10.6 Å². The normalized spacial score (nSPS) is 30.9. The first-order chi connectivity index (χ1) is 9.56. The molecular formula is C12H12N4O4. The first kappa shape index (κ1) is 11.4. The van der Waals surface area contributed by atoms with Gasteiger partial charge in [-0.1, -0.05) is 5.16 Å². The van der Waals surface area contributed by atoms with Crippen molar-refractivity contribution in [3.8, 4) is 0 Å². The number of urea groups is 1. The number of amides is 4.